The van der Waals surface area contributed by atoms with Gasteiger partial charge in [0.25, 0.3) is 5.91 Å². The number of carbonyl (C=O) groups is 1. The van der Waals surface area contributed by atoms with Gasteiger partial charge in [-0.25, -0.2) is 4.98 Å². The van der Waals surface area contributed by atoms with E-state index in [0.29, 0.717) is 41.3 Å². The number of nitrogens with zero attached hydrogens (tertiary/aromatic N) is 3. The number of aromatic nitrogens is 3. The van der Waals surface area contributed by atoms with Gasteiger partial charge in [-0.15, -0.1) is 0 Å². The van der Waals surface area contributed by atoms with Crippen LogP contribution in [-0.4, -0.2) is 51.4 Å². The lowest BCUT2D eigenvalue weighted by atomic mass is 9.93. The minimum atomic E-state index is -0.581. The quantitative estimate of drug-likeness (QED) is 0.519. The maximum Gasteiger partial charge on any atom is 0.250 e. The number of aryl methyl sites for hydroxylation is 1. The van der Waals surface area contributed by atoms with Crippen LogP contribution in [0.4, 0.5) is 5.95 Å². The number of nitrogens with two attached hydrogens (primary N) is 1. The molecule has 0 radical (unpaired) electrons. The lowest BCUT2D eigenvalue weighted by molar-refractivity contribution is 0.0999. The van der Waals surface area contributed by atoms with Gasteiger partial charge in [0, 0.05) is 41.2 Å². The van der Waals surface area contributed by atoms with E-state index in [1.807, 2.05) is 13.0 Å². The first-order valence-corrected chi connectivity index (χ1v) is 10.4. The Kier molecular flexibility index (Phi) is 6.22. The van der Waals surface area contributed by atoms with Gasteiger partial charge in [-0.2, -0.15) is 4.98 Å². The van der Waals surface area contributed by atoms with Gasteiger partial charge >= 0.3 is 0 Å². The smallest absolute Gasteiger partial charge is 0.250 e. The number of anilines is 1. The van der Waals surface area contributed by atoms with Crippen LogP contribution >= 0.6 is 11.6 Å². The number of nitrogens with one attached hydrogen (secondary N) is 1. The minimum absolute atomic E-state index is 0.150. The Bertz CT molecular complexity index is 1090. The Morgan fingerprint density at radius 3 is 2.97 bits per heavy atom. The van der Waals surface area contributed by atoms with Gasteiger partial charge in [-0.1, -0.05) is 23.7 Å². The van der Waals surface area contributed by atoms with Crippen LogP contribution in [0.5, 0.6) is 0 Å². The number of aliphatic hydroxyl groups is 1. The van der Waals surface area contributed by atoms with Crippen molar-refractivity contribution < 1.29 is 14.6 Å². The van der Waals surface area contributed by atoms with Crippen molar-refractivity contribution in [2.24, 2.45) is 5.73 Å². The molecule has 4 rings (SSSR count). The van der Waals surface area contributed by atoms with Crippen molar-refractivity contribution in [3.8, 4) is 5.82 Å². The highest BCUT2D eigenvalue weighted by molar-refractivity contribution is 6.30. The molecule has 2 atom stereocenters. The van der Waals surface area contributed by atoms with E-state index < -0.39 is 11.8 Å². The Morgan fingerprint density at radius 1 is 1.45 bits per heavy atom. The molecule has 1 saturated heterocycles. The summed E-state index contributed by atoms with van der Waals surface area (Å²) in [7, 11) is 0. The van der Waals surface area contributed by atoms with Crippen LogP contribution in [0.1, 0.15) is 39.5 Å². The van der Waals surface area contributed by atoms with Crippen molar-refractivity contribution in [2.75, 3.05) is 25.1 Å². The third kappa shape index (κ3) is 4.41. The Hall–Kier alpha value is -2.94. The monoisotopic (exact) mass is 441 g/mol. The summed E-state index contributed by atoms with van der Waals surface area (Å²) in [5.74, 6) is -0.0355. The summed E-state index contributed by atoms with van der Waals surface area (Å²) >= 11 is 6.17. The first-order valence-electron chi connectivity index (χ1n) is 10.0. The van der Waals surface area contributed by atoms with E-state index in [0.717, 1.165) is 17.5 Å². The number of ether oxygens (including phenoxy) is 1. The number of amides is 1. The number of hydrogen-bond acceptors (Lipinski definition) is 6. The molecule has 0 saturated carbocycles. The number of halogens is 1. The van der Waals surface area contributed by atoms with Crippen molar-refractivity contribution in [3.05, 3.63) is 70.1 Å². The van der Waals surface area contributed by atoms with E-state index >= 15 is 0 Å². The highest BCUT2D eigenvalue weighted by atomic mass is 35.5. The summed E-state index contributed by atoms with van der Waals surface area (Å²) in [6, 6.07) is 8.98. The number of aliphatic hydroxyl groups excluding tert-OH is 1. The molecule has 3 heterocycles. The molecule has 0 bridgehead atoms. The Morgan fingerprint density at radius 2 is 2.29 bits per heavy atom. The van der Waals surface area contributed by atoms with Crippen molar-refractivity contribution in [3.63, 3.8) is 0 Å². The van der Waals surface area contributed by atoms with E-state index in [9.17, 15) is 9.90 Å². The molecule has 3 aromatic rings. The summed E-state index contributed by atoms with van der Waals surface area (Å²) in [6.07, 6.45) is 4.34. The van der Waals surface area contributed by atoms with Crippen molar-refractivity contribution >= 4 is 23.5 Å². The van der Waals surface area contributed by atoms with E-state index in [2.05, 4.69) is 10.3 Å². The predicted octanol–water partition coefficient (Wildman–Crippen LogP) is 2.65. The molecule has 1 unspecified atom stereocenters. The normalized spacial score (nSPS) is 16.9. The second kappa shape index (κ2) is 9.05. The number of rotatable bonds is 7. The van der Waals surface area contributed by atoms with Crippen LogP contribution in [-0.2, 0) is 4.74 Å². The molecule has 2 aromatic heterocycles. The van der Waals surface area contributed by atoms with Crippen molar-refractivity contribution in [2.45, 2.75) is 25.3 Å². The molecule has 1 amide bonds. The number of hydrogen-bond donors (Lipinski definition) is 3. The van der Waals surface area contributed by atoms with Gasteiger partial charge < -0.3 is 25.5 Å². The highest BCUT2D eigenvalue weighted by Crippen LogP contribution is 2.32. The maximum atomic E-state index is 12.2. The fourth-order valence-corrected chi connectivity index (χ4v) is 4.04. The van der Waals surface area contributed by atoms with Crippen LogP contribution in [0.3, 0.4) is 0 Å². The van der Waals surface area contributed by atoms with E-state index in [1.165, 1.54) is 0 Å². The number of benzene rings is 1. The molecule has 1 aromatic carbocycles. The van der Waals surface area contributed by atoms with Gasteiger partial charge in [0.15, 0.2) is 0 Å². The molecule has 0 aliphatic carbocycles. The summed E-state index contributed by atoms with van der Waals surface area (Å²) in [4.78, 5) is 21.3. The Labute approximate surface area is 185 Å². The standard InChI is InChI=1S/C22H24ClN5O3/c1-13-10-25-22(26-16-6-8-31-12-16)27-21(13)28-7-5-17(20(24)30)19(28)18(11-29)14-3-2-4-15(23)9-14/h2-5,7,9-10,16,18,29H,6,8,11-12H2,1H3,(H2,24,30)(H,25,26,27)/t16?,18-/m0/s1. The van der Waals surface area contributed by atoms with Crippen LogP contribution in [0, 0.1) is 6.92 Å². The van der Waals surface area contributed by atoms with E-state index in [4.69, 9.17) is 27.1 Å². The molecule has 9 heteroatoms. The lowest BCUT2D eigenvalue weighted by Gasteiger charge is -2.21. The zero-order valence-electron chi connectivity index (χ0n) is 17.1. The summed E-state index contributed by atoms with van der Waals surface area (Å²) < 4.78 is 7.20. The van der Waals surface area contributed by atoms with Gasteiger partial charge in [0.1, 0.15) is 5.82 Å². The highest BCUT2D eigenvalue weighted by Gasteiger charge is 2.26. The molecule has 1 fully saturated rings. The van der Waals surface area contributed by atoms with Crippen LogP contribution in [0.25, 0.3) is 5.82 Å². The first kappa shape index (κ1) is 21.3. The van der Waals surface area contributed by atoms with Gasteiger partial charge in [-0.05, 0) is 37.1 Å². The van der Waals surface area contributed by atoms with Gasteiger partial charge in [-0.3, -0.25) is 4.79 Å². The molecule has 1 aliphatic heterocycles. The summed E-state index contributed by atoms with van der Waals surface area (Å²) in [6.45, 7) is 2.96. The molecule has 1 aliphatic rings. The molecule has 4 N–H and O–H groups in total. The number of primary amides is 1. The third-order valence-corrected chi connectivity index (χ3v) is 5.63. The summed E-state index contributed by atoms with van der Waals surface area (Å²) in [5.41, 5.74) is 8.11. The fraction of sp³-hybridized carbons (Fsp3) is 0.318. The zero-order valence-corrected chi connectivity index (χ0v) is 17.8. The second-order valence-electron chi connectivity index (χ2n) is 7.54. The van der Waals surface area contributed by atoms with Crippen LogP contribution in [0.2, 0.25) is 5.02 Å². The molecule has 8 nitrogen and oxygen atoms in total. The second-order valence-corrected chi connectivity index (χ2v) is 7.98. The number of carbonyl (C=O) groups excluding carboxylic acids is 1. The van der Waals surface area contributed by atoms with E-state index in [1.54, 1.807) is 41.2 Å². The summed E-state index contributed by atoms with van der Waals surface area (Å²) in [5, 5.41) is 14.1. The van der Waals surface area contributed by atoms with Crippen molar-refractivity contribution in [1.82, 2.24) is 14.5 Å². The predicted molar refractivity (Wildman–Crippen MR) is 118 cm³/mol. The minimum Gasteiger partial charge on any atom is -0.395 e. The van der Waals surface area contributed by atoms with E-state index in [-0.39, 0.29) is 12.6 Å². The average molecular weight is 442 g/mol. The molecular weight excluding hydrogens is 418 g/mol. The average Bonchev–Trinajstić information content (AvgIpc) is 3.40. The first-order chi connectivity index (χ1) is 15.0. The third-order valence-electron chi connectivity index (χ3n) is 5.39. The molecule has 0 spiro atoms. The van der Waals surface area contributed by atoms with Crippen LogP contribution < -0.4 is 11.1 Å². The van der Waals surface area contributed by atoms with Crippen LogP contribution in [0.15, 0.2) is 42.7 Å². The lowest BCUT2D eigenvalue weighted by Crippen LogP contribution is -2.22. The Balaban J connectivity index is 1.81. The molecule has 162 valence electrons. The SMILES string of the molecule is Cc1cnc(NC2CCOC2)nc1-n1ccc(C(N)=O)c1[C@@H](CO)c1cccc(Cl)c1. The zero-order chi connectivity index (χ0) is 22.0. The molecular formula is C22H24ClN5O3. The molecule has 31 heavy (non-hydrogen) atoms. The largest absolute Gasteiger partial charge is 0.395 e. The van der Waals surface area contributed by atoms with Gasteiger partial charge in [0.2, 0.25) is 5.95 Å². The maximum absolute atomic E-state index is 12.2. The topological polar surface area (TPSA) is 115 Å². The van der Waals surface area contributed by atoms with Gasteiger partial charge in [0.05, 0.1) is 24.8 Å². The fourth-order valence-electron chi connectivity index (χ4n) is 3.84. The van der Waals surface area contributed by atoms with Crippen molar-refractivity contribution in [1.29, 1.82) is 0 Å².